The van der Waals surface area contributed by atoms with Gasteiger partial charge in [0.1, 0.15) is 6.23 Å². The van der Waals surface area contributed by atoms with E-state index in [9.17, 15) is 10.4 Å². The second kappa shape index (κ2) is 11.5. The molecule has 11 heteroatoms. The van der Waals surface area contributed by atoms with Crippen LogP contribution in [0.5, 0.6) is 0 Å². The lowest BCUT2D eigenvalue weighted by atomic mass is 9.65. The highest BCUT2D eigenvalue weighted by Crippen LogP contribution is 2.46. The number of benzene rings is 1. The van der Waals surface area contributed by atoms with Crippen LogP contribution in [0.15, 0.2) is 18.2 Å². The van der Waals surface area contributed by atoms with Crippen molar-refractivity contribution in [2.75, 3.05) is 37.1 Å². The van der Waals surface area contributed by atoms with Crippen LogP contribution in [0.1, 0.15) is 64.4 Å². The molecule has 230 valence electrons. The number of fused-ring (bicyclic) bond motifs is 2. The smallest absolute Gasteiger partial charge is 0.139 e. The zero-order chi connectivity index (χ0) is 29.0. The molecular formula is C31H49N9O2. The van der Waals surface area contributed by atoms with Gasteiger partial charge >= 0.3 is 0 Å². The fourth-order valence-electron chi connectivity index (χ4n) is 8.24. The van der Waals surface area contributed by atoms with E-state index < -0.39 is 6.10 Å². The first kappa shape index (κ1) is 28.7. The van der Waals surface area contributed by atoms with Gasteiger partial charge in [0.15, 0.2) is 0 Å². The van der Waals surface area contributed by atoms with Crippen LogP contribution in [0.3, 0.4) is 0 Å². The molecule has 0 amide bonds. The van der Waals surface area contributed by atoms with Gasteiger partial charge in [-0.15, -0.1) is 0 Å². The molecule has 1 aromatic rings. The zero-order valence-corrected chi connectivity index (χ0v) is 25.1. The van der Waals surface area contributed by atoms with E-state index >= 15 is 0 Å². The molecule has 0 spiro atoms. The molecule has 2 aliphatic carbocycles. The molecular weight excluding hydrogens is 530 g/mol. The molecule has 3 saturated heterocycles. The van der Waals surface area contributed by atoms with E-state index in [1.165, 1.54) is 24.8 Å². The molecule has 4 heterocycles. The number of likely N-dealkylation sites (N-methyl/N-ethyl adjacent to an activating group) is 1. The van der Waals surface area contributed by atoms with Gasteiger partial charge in [0.05, 0.1) is 66.3 Å². The lowest BCUT2D eigenvalue weighted by Crippen LogP contribution is -2.68. The summed E-state index contributed by atoms with van der Waals surface area (Å²) in [7, 11) is 0. The van der Waals surface area contributed by atoms with Gasteiger partial charge in [-0.2, -0.15) is 5.26 Å². The van der Waals surface area contributed by atoms with Crippen molar-refractivity contribution >= 4 is 11.4 Å². The zero-order valence-electron chi connectivity index (χ0n) is 25.1. The fraction of sp³-hybridized carbons (Fsp3) is 0.774. The normalized spacial score (nSPS) is 40.4. The van der Waals surface area contributed by atoms with Gasteiger partial charge in [-0.1, -0.05) is 19.9 Å². The second-order valence-electron chi connectivity index (χ2n) is 13.7. The number of hydrogen-bond donors (Lipinski definition) is 7. The number of nitrogens with two attached hydrogens (primary N) is 1. The second-order valence-corrected chi connectivity index (χ2v) is 13.7. The maximum Gasteiger partial charge on any atom is 0.139 e. The molecule has 8 N–H and O–H groups in total. The van der Waals surface area contributed by atoms with Crippen molar-refractivity contribution in [3.63, 3.8) is 0 Å². The summed E-state index contributed by atoms with van der Waals surface area (Å²) in [5, 5.41) is 38.5. The summed E-state index contributed by atoms with van der Waals surface area (Å²) < 4.78 is 6.58. The van der Waals surface area contributed by atoms with E-state index in [4.69, 9.17) is 10.5 Å². The van der Waals surface area contributed by atoms with Gasteiger partial charge in [0.25, 0.3) is 0 Å². The van der Waals surface area contributed by atoms with Crippen molar-refractivity contribution in [3.8, 4) is 6.07 Å². The molecule has 6 aliphatic rings. The number of aliphatic hydroxyl groups is 1. The van der Waals surface area contributed by atoms with Crippen LogP contribution in [0.25, 0.3) is 0 Å². The van der Waals surface area contributed by atoms with Crippen LogP contribution in [0.4, 0.5) is 11.4 Å². The predicted molar refractivity (Wildman–Crippen MR) is 162 cm³/mol. The minimum Gasteiger partial charge on any atom is -0.389 e. The molecule has 2 saturated carbocycles. The number of nitriles is 1. The summed E-state index contributed by atoms with van der Waals surface area (Å²) in [6.45, 7) is 7.53. The Morgan fingerprint density at radius 1 is 1.17 bits per heavy atom. The summed E-state index contributed by atoms with van der Waals surface area (Å²) in [6.07, 6.45) is 7.19. The lowest BCUT2D eigenvalue weighted by molar-refractivity contribution is -0.110. The molecule has 11 nitrogen and oxygen atoms in total. The van der Waals surface area contributed by atoms with E-state index in [0.717, 1.165) is 56.1 Å². The third kappa shape index (κ3) is 5.00. The molecule has 8 unspecified atom stereocenters. The molecule has 7 rings (SSSR count). The topological polar surface area (TPSA) is 146 Å². The van der Waals surface area contributed by atoms with Crippen molar-refractivity contribution in [1.29, 1.82) is 5.26 Å². The average Bonchev–Trinajstić information content (AvgIpc) is 3.63. The van der Waals surface area contributed by atoms with E-state index in [2.05, 4.69) is 74.5 Å². The Bertz CT molecular complexity index is 1170. The summed E-state index contributed by atoms with van der Waals surface area (Å²) >= 11 is 0. The largest absolute Gasteiger partial charge is 0.389 e. The Morgan fingerprint density at radius 3 is 2.71 bits per heavy atom. The fourth-order valence-corrected chi connectivity index (χ4v) is 8.24. The number of nitrogens with one attached hydrogen (secondary N) is 5. The Kier molecular flexibility index (Phi) is 7.86. The number of aliphatic hydroxyl groups excluding tert-OH is 1. The first-order valence-electron chi connectivity index (χ1n) is 16.3. The Labute approximate surface area is 249 Å². The summed E-state index contributed by atoms with van der Waals surface area (Å²) in [4.78, 5) is 4.78. The average molecular weight is 580 g/mol. The quantitative estimate of drug-likeness (QED) is 0.228. The first-order valence-corrected chi connectivity index (χ1v) is 16.3. The van der Waals surface area contributed by atoms with E-state index in [0.29, 0.717) is 19.4 Å². The van der Waals surface area contributed by atoms with Crippen LogP contribution in [0.2, 0.25) is 0 Å². The minimum atomic E-state index is -0.526. The van der Waals surface area contributed by atoms with Gasteiger partial charge in [0.2, 0.25) is 0 Å². The molecule has 0 aromatic heterocycles. The molecule has 42 heavy (non-hydrogen) atoms. The van der Waals surface area contributed by atoms with Crippen LogP contribution in [0, 0.1) is 23.2 Å². The predicted octanol–water partition coefficient (Wildman–Crippen LogP) is 1.39. The molecule has 0 radical (unpaired) electrons. The monoisotopic (exact) mass is 579 g/mol. The van der Waals surface area contributed by atoms with Crippen molar-refractivity contribution < 1.29 is 9.84 Å². The van der Waals surface area contributed by atoms with Crippen molar-refractivity contribution in [1.82, 2.24) is 25.8 Å². The van der Waals surface area contributed by atoms with Gasteiger partial charge in [-0.3, -0.25) is 20.9 Å². The number of ether oxygens (including phenoxy) is 1. The van der Waals surface area contributed by atoms with E-state index in [-0.39, 0.29) is 48.2 Å². The number of hydrogen-bond acceptors (Lipinski definition) is 11. The summed E-state index contributed by atoms with van der Waals surface area (Å²) in [6, 6.07) is 9.74. The highest BCUT2D eigenvalue weighted by atomic mass is 16.5. The molecule has 5 fully saturated rings. The van der Waals surface area contributed by atoms with Gasteiger partial charge < -0.3 is 26.2 Å². The molecule has 0 bridgehead atoms. The molecule has 1 aromatic carbocycles. The number of anilines is 2. The maximum absolute atomic E-state index is 11.2. The Balaban J connectivity index is 0.874. The van der Waals surface area contributed by atoms with E-state index in [1.807, 2.05) is 0 Å². The lowest BCUT2D eigenvalue weighted by Gasteiger charge is -2.44. The third-order valence-corrected chi connectivity index (χ3v) is 11.4. The SMILES string of the molecule is CCN(CC1OC(N2CNC3C(N)NCNC32)C(O)C1C)C1CC(CCC2Nc3ccc(C4(C#N)CCC4)cc3N2)C1. The summed E-state index contributed by atoms with van der Waals surface area (Å²) in [5.74, 6) is 0.815. The third-order valence-electron chi connectivity index (χ3n) is 11.4. The van der Waals surface area contributed by atoms with Crippen molar-refractivity contribution in [2.24, 2.45) is 17.6 Å². The van der Waals surface area contributed by atoms with Crippen LogP contribution < -0.4 is 32.3 Å². The van der Waals surface area contributed by atoms with Gasteiger partial charge in [-0.25, -0.2) is 4.90 Å². The van der Waals surface area contributed by atoms with Crippen LogP contribution in [-0.2, 0) is 10.2 Å². The van der Waals surface area contributed by atoms with Crippen molar-refractivity contribution in [3.05, 3.63) is 23.8 Å². The first-order chi connectivity index (χ1) is 20.4. The minimum absolute atomic E-state index is 0.00818. The number of rotatable bonds is 9. The standard InChI is InChI=1S/C31H49N9O2/c1-3-39(14-24-18(2)27(41)30(42-24)40-17-36-26-28(33)34-16-35-29(26)40)21-11-19(12-21)5-8-25-37-22-7-6-20(13-23(22)38-25)31(15-32)9-4-10-31/h6-7,13,18-19,21,24-30,34-38,41H,3-5,8-12,14,16-17,33H2,1-2H3. The Hall–Kier alpha value is -2.01. The van der Waals surface area contributed by atoms with Gasteiger partial charge in [-0.05, 0) is 75.1 Å². The Morgan fingerprint density at radius 2 is 1.98 bits per heavy atom. The van der Waals surface area contributed by atoms with Crippen LogP contribution in [-0.4, -0.2) is 90.4 Å². The van der Waals surface area contributed by atoms with Crippen molar-refractivity contribution in [2.45, 2.75) is 113 Å². The van der Waals surface area contributed by atoms with E-state index in [1.54, 1.807) is 0 Å². The highest BCUT2D eigenvalue weighted by molar-refractivity contribution is 5.75. The maximum atomic E-state index is 11.2. The summed E-state index contributed by atoms with van der Waals surface area (Å²) in [5.41, 5.74) is 9.46. The van der Waals surface area contributed by atoms with Crippen LogP contribution >= 0.6 is 0 Å². The van der Waals surface area contributed by atoms with Gasteiger partial charge in [0, 0.05) is 25.2 Å². The highest BCUT2D eigenvalue weighted by Gasteiger charge is 2.51. The molecule has 4 aliphatic heterocycles. The number of nitrogens with zero attached hydrogens (tertiary/aromatic N) is 3. The molecule has 8 atom stereocenters.